The number of anilines is 1. The van der Waals surface area contributed by atoms with Crippen LogP contribution < -0.4 is 5.32 Å². The summed E-state index contributed by atoms with van der Waals surface area (Å²) in [5, 5.41) is 12.6. The van der Waals surface area contributed by atoms with E-state index in [1.165, 1.54) is 12.3 Å². The van der Waals surface area contributed by atoms with Gasteiger partial charge in [-0.25, -0.2) is 9.78 Å². The molecule has 0 unspecified atom stereocenters. The highest BCUT2D eigenvalue weighted by Crippen LogP contribution is 2.19. The van der Waals surface area contributed by atoms with Crippen LogP contribution >= 0.6 is 0 Å². The van der Waals surface area contributed by atoms with Crippen molar-refractivity contribution in [3.8, 4) is 0 Å². The second-order valence-corrected chi connectivity index (χ2v) is 4.41. The van der Waals surface area contributed by atoms with Gasteiger partial charge in [0.1, 0.15) is 0 Å². The van der Waals surface area contributed by atoms with Crippen molar-refractivity contribution in [1.29, 1.82) is 0 Å². The van der Waals surface area contributed by atoms with Gasteiger partial charge in [-0.05, 0) is 24.3 Å². The summed E-state index contributed by atoms with van der Waals surface area (Å²) in [6, 6.07) is 10.3. The molecule has 0 radical (unpaired) electrons. The minimum atomic E-state index is -1.19. The minimum absolute atomic E-state index is 0.165. The van der Waals surface area contributed by atoms with E-state index >= 15 is 0 Å². The maximum absolute atomic E-state index is 12.3. The van der Waals surface area contributed by atoms with Crippen LogP contribution in [-0.4, -0.2) is 27.0 Å². The first-order valence-corrected chi connectivity index (χ1v) is 6.22. The average molecular weight is 281 g/mol. The predicted molar refractivity (Wildman–Crippen MR) is 77.4 cm³/mol. The van der Waals surface area contributed by atoms with Crippen LogP contribution in [0.4, 0.5) is 5.69 Å². The lowest BCUT2D eigenvalue weighted by molar-refractivity contribution is 0.0692. The van der Waals surface area contributed by atoms with Crippen LogP contribution in [0.2, 0.25) is 0 Å². The number of nitrogens with one attached hydrogen (secondary N) is 2. The van der Waals surface area contributed by atoms with Gasteiger partial charge in [-0.15, -0.1) is 0 Å². The third kappa shape index (κ3) is 2.34. The Kier molecular flexibility index (Phi) is 3.12. The van der Waals surface area contributed by atoms with E-state index in [2.05, 4.69) is 15.3 Å². The van der Waals surface area contributed by atoms with Crippen molar-refractivity contribution in [3.05, 3.63) is 60.0 Å². The molecule has 6 nitrogen and oxygen atoms in total. The number of hydrogen-bond acceptors (Lipinski definition) is 3. The Morgan fingerprint density at radius 1 is 1.14 bits per heavy atom. The fourth-order valence-electron chi connectivity index (χ4n) is 2.14. The van der Waals surface area contributed by atoms with Gasteiger partial charge in [-0.1, -0.05) is 12.1 Å². The molecule has 1 amide bonds. The van der Waals surface area contributed by atoms with Gasteiger partial charge < -0.3 is 15.4 Å². The highest BCUT2D eigenvalue weighted by Gasteiger charge is 2.16. The molecule has 0 bridgehead atoms. The quantitative estimate of drug-likeness (QED) is 0.687. The number of fused-ring (bicyclic) bond motifs is 1. The van der Waals surface area contributed by atoms with E-state index in [0.717, 1.165) is 5.39 Å². The summed E-state index contributed by atoms with van der Waals surface area (Å²) >= 11 is 0. The summed E-state index contributed by atoms with van der Waals surface area (Å²) in [5.74, 6) is -1.58. The zero-order valence-electron chi connectivity index (χ0n) is 10.8. The molecule has 21 heavy (non-hydrogen) atoms. The number of para-hydroxylation sites is 1. The fourth-order valence-corrected chi connectivity index (χ4v) is 2.14. The number of carbonyl (C=O) groups is 2. The number of carboxylic acids is 1. The summed E-state index contributed by atoms with van der Waals surface area (Å²) < 4.78 is 0. The third-order valence-electron chi connectivity index (χ3n) is 3.09. The summed E-state index contributed by atoms with van der Waals surface area (Å²) in [6.07, 6.45) is 3.11. The summed E-state index contributed by atoms with van der Waals surface area (Å²) in [6.45, 7) is 0. The second-order valence-electron chi connectivity index (χ2n) is 4.41. The highest BCUT2D eigenvalue weighted by molar-refractivity contribution is 6.13. The third-order valence-corrected chi connectivity index (χ3v) is 3.09. The Hall–Kier alpha value is -3.15. The van der Waals surface area contributed by atoms with Gasteiger partial charge in [0.05, 0.1) is 16.8 Å². The molecular formula is C15H11N3O3. The van der Waals surface area contributed by atoms with Crippen LogP contribution in [0.5, 0.6) is 0 Å². The molecule has 3 aromatic rings. The minimum Gasteiger partial charge on any atom is -0.476 e. The number of pyridine rings is 1. The van der Waals surface area contributed by atoms with E-state index in [1.807, 2.05) is 12.1 Å². The van der Waals surface area contributed by atoms with Crippen molar-refractivity contribution in [3.63, 3.8) is 0 Å². The molecule has 2 aromatic heterocycles. The topological polar surface area (TPSA) is 95.1 Å². The van der Waals surface area contributed by atoms with E-state index in [-0.39, 0.29) is 11.4 Å². The SMILES string of the molecule is O=C(O)c1ncccc1NC(=O)c1cccc2cc[nH]c12. The van der Waals surface area contributed by atoms with Gasteiger partial charge in [0.25, 0.3) is 5.91 Å². The number of rotatable bonds is 3. The van der Waals surface area contributed by atoms with Crippen LogP contribution in [-0.2, 0) is 0 Å². The van der Waals surface area contributed by atoms with Gasteiger partial charge in [-0.3, -0.25) is 4.79 Å². The molecule has 0 atom stereocenters. The second kappa shape index (κ2) is 5.09. The van der Waals surface area contributed by atoms with Gasteiger partial charge >= 0.3 is 5.97 Å². The van der Waals surface area contributed by atoms with E-state index in [0.29, 0.717) is 11.1 Å². The molecule has 104 valence electrons. The van der Waals surface area contributed by atoms with Gasteiger partial charge in [-0.2, -0.15) is 0 Å². The Morgan fingerprint density at radius 2 is 2.00 bits per heavy atom. The van der Waals surface area contributed by atoms with Crippen molar-refractivity contribution in [2.45, 2.75) is 0 Å². The number of carboxylic acid groups (broad SMARTS) is 1. The first kappa shape index (κ1) is 12.9. The Morgan fingerprint density at radius 3 is 2.81 bits per heavy atom. The van der Waals surface area contributed by atoms with E-state index in [9.17, 15) is 9.59 Å². The number of carbonyl (C=O) groups excluding carboxylic acids is 1. The van der Waals surface area contributed by atoms with Crippen molar-refractivity contribution in [2.75, 3.05) is 5.32 Å². The molecule has 3 N–H and O–H groups in total. The number of H-pyrrole nitrogens is 1. The summed E-state index contributed by atoms with van der Waals surface area (Å²) in [7, 11) is 0. The first-order chi connectivity index (χ1) is 10.2. The molecule has 0 saturated heterocycles. The zero-order valence-corrected chi connectivity index (χ0v) is 10.8. The lowest BCUT2D eigenvalue weighted by atomic mass is 10.1. The Bertz CT molecular complexity index is 839. The summed E-state index contributed by atoms with van der Waals surface area (Å²) in [5.41, 5.74) is 1.12. The molecule has 2 heterocycles. The van der Waals surface area contributed by atoms with Crippen LogP contribution in [0.1, 0.15) is 20.8 Å². The Labute approximate surface area is 119 Å². The fraction of sp³-hybridized carbons (Fsp3) is 0. The van der Waals surface area contributed by atoms with Crippen molar-refractivity contribution >= 4 is 28.5 Å². The monoisotopic (exact) mass is 281 g/mol. The zero-order chi connectivity index (χ0) is 14.8. The molecule has 0 fully saturated rings. The lowest BCUT2D eigenvalue weighted by Crippen LogP contribution is -2.16. The van der Waals surface area contributed by atoms with Crippen LogP contribution in [0.25, 0.3) is 10.9 Å². The molecule has 0 aliphatic heterocycles. The van der Waals surface area contributed by atoms with E-state index in [1.54, 1.807) is 24.4 Å². The first-order valence-electron chi connectivity index (χ1n) is 6.22. The van der Waals surface area contributed by atoms with Crippen LogP contribution in [0, 0.1) is 0 Å². The van der Waals surface area contributed by atoms with E-state index < -0.39 is 11.9 Å². The summed E-state index contributed by atoms with van der Waals surface area (Å²) in [4.78, 5) is 30.2. The van der Waals surface area contributed by atoms with Crippen LogP contribution in [0.3, 0.4) is 0 Å². The number of hydrogen-bond donors (Lipinski definition) is 3. The lowest BCUT2D eigenvalue weighted by Gasteiger charge is -2.08. The molecule has 3 rings (SSSR count). The maximum Gasteiger partial charge on any atom is 0.356 e. The highest BCUT2D eigenvalue weighted by atomic mass is 16.4. The van der Waals surface area contributed by atoms with Crippen molar-refractivity contribution in [1.82, 2.24) is 9.97 Å². The standard InChI is InChI=1S/C15H11N3O3/c19-14(10-4-1-3-9-6-8-17-12(9)10)18-11-5-2-7-16-13(11)15(20)21/h1-8,17H,(H,18,19)(H,20,21). The molecule has 0 saturated carbocycles. The van der Waals surface area contributed by atoms with Gasteiger partial charge in [0.2, 0.25) is 0 Å². The number of aromatic nitrogens is 2. The normalized spacial score (nSPS) is 10.5. The molecule has 0 aliphatic carbocycles. The number of nitrogens with zero attached hydrogens (tertiary/aromatic N) is 1. The van der Waals surface area contributed by atoms with Crippen molar-refractivity contribution < 1.29 is 14.7 Å². The maximum atomic E-state index is 12.3. The van der Waals surface area contributed by atoms with E-state index in [4.69, 9.17) is 5.11 Å². The Balaban J connectivity index is 1.97. The number of amides is 1. The van der Waals surface area contributed by atoms with Gasteiger partial charge in [0, 0.05) is 17.8 Å². The number of aromatic amines is 1. The smallest absolute Gasteiger partial charge is 0.356 e. The molecular weight excluding hydrogens is 270 g/mol. The van der Waals surface area contributed by atoms with Crippen LogP contribution in [0.15, 0.2) is 48.8 Å². The molecule has 0 aliphatic rings. The number of benzene rings is 1. The number of aromatic carboxylic acids is 1. The largest absolute Gasteiger partial charge is 0.476 e. The van der Waals surface area contributed by atoms with Gasteiger partial charge in [0.15, 0.2) is 5.69 Å². The molecule has 0 spiro atoms. The molecule has 1 aromatic carbocycles. The molecule has 6 heteroatoms. The predicted octanol–water partition coefficient (Wildman–Crippen LogP) is 2.51. The average Bonchev–Trinajstić information content (AvgIpc) is 2.95. The van der Waals surface area contributed by atoms with Crippen molar-refractivity contribution in [2.24, 2.45) is 0 Å².